The van der Waals surface area contributed by atoms with Crippen molar-refractivity contribution in [3.05, 3.63) is 16.1 Å². The number of esters is 1. The van der Waals surface area contributed by atoms with Gasteiger partial charge in [-0.25, -0.2) is 4.98 Å². The fraction of sp³-hybridized carbons (Fsp3) is 0.737. The summed E-state index contributed by atoms with van der Waals surface area (Å²) in [6.07, 6.45) is 7.65. The summed E-state index contributed by atoms with van der Waals surface area (Å²) in [5, 5.41) is 9.51. The van der Waals surface area contributed by atoms with Gasteiger partial charge in [-0.2, -0.15) is 0 Å². The van der Waals surface area contributed by atoms with Crippen molar-refractivity contribution >= 4 is 40.2 Å². The van der Waals surface area contributed by atoms with Gasteiger partial charge in [0, 0.05) is 23.8 Å². The molecule has 6 nitrogen and oxygen atoms in total. The Bertz CT molecular complexity index is 611. The maximum atomic E-state index is 12.5. The highest BCUT2D eigenvalue weighted by atomic mass is 79.9. The second-order valence-electron chi connectivity index (χ2n) is 7.40. The third-order valence-electron chi connectivity index (χ3n) is 5.61. The minimum absolute atomic E-state index is 0. The summed E-state index contributed by atoms with van der Waals surface area (Å²) >= 11 is 1.61. The fourth-order valence-electron chi connectivity index (χ4n) is 3.93. The summed E-state index contributed by atoms with van der Waals surface area (Å²) in [4.78, 5) is 28.4. The largest absolute Gasteiger partial charge is 0.469 e. The average Bonchev–Trinajstić information content (AvgIpc) is 3.18. The van der Waals surface area contributed by atoms with E-state index in [1.807, 2.05) is 5.38 Å². The van der Waals surface area contributed by atoms with E-state index in [1.54, 1.807) is 11.3 Å². The number of ether oxygens (including phenoxy) is 1. The molecule has 0 unspecified atom stereocenters. The number of carbonyl (C=O) groups excluding carboxylic acids is 2. The Kier molecular flexibility index (Phi) is 9.18. The lowest BCUT2D eigenvalue weighted by atomic mass is 9.83. The molecule has 1 amide bonds. The smallest absolute Gasteiger partial charge is 0.305 e. The van der Waals surface area contributed by atoms with Crippen molar-refractivity contribution < 1.29 is 14.3 Å². The van der Waals surface area contributed by atoms with Gasteiger partial charge in [-0.05, 0) is 64.0 Å². The van der Waals surface area contributed by atoms with Gasteiger partial charge in [-0.3, -0.25) is 9.59 Å². The summed E-state index contributed by atoms with van der Waals surface area (Å²) < 4.78 is 4.70. The van der Waals surface area contributed by atoms with Gasteiger partial charge in [0.2, 0.25) is 0 Å². The molecule has 0 radical (unpaired) electrons. The highest BCUT2D eigenvalue weighted by molar-refractivity contribution is 8.93. The van der Waals surface area contributed by atoms with Crippen LogP contribution < -0.4 is 10.6 Å². The quantitative estimate of drug-likeness (QED) is 0.636. The van der Waals surface area contributed by atoms with E-state index in [9.17, 15) is 9.59 Å². The third kappa shape index (κ3) is 6.54. The first-order valence-electron chi connectivity index (χ1n) is 9.69. The first-order chi connectivity index (χ1) is 12.7. The number of rotatable bonds is 6. The number of piperidine rings is 1. The summed E-state index contributed by atoms with van der Waals surface area (Å²) in [6.45, 7) is 2.07. The van der Waals surface area contributed by atoms with Gasteiger partial charge in [-0.1, -0.05) is 0 Å². The van der Waals surface area contributed by atoms with E-state index < -0.39 is 0 Å². The highest BCUT2D eigenvalue weighted by Gasteiger charge is 2.25. The predicted octanol–water partition coefficient (Wildman–Crippen LogP) is 3.43. The van der Waals surface area contributed by atoms with Crippen LogP contribution in [0.1, 0.15) is 72.8 Å². The van der Waals surface area contributed by atoms with Gasteiger partial charge < -0.3 is 15.4 Å². The van der Waals surface area contributed by atoms with Gasteiger partial charge >= 0.3 is 5.97 Å². The number of hydrogen-bond donors (Lipinski definition) is 2. The summed E-state index contributed by atoms with van der Waals surface area (Å²) in [5.41, 5.74) is 0.566. The number of carbonyl (C=O) groups is 2. The molecule has 0 atom stereocenters. The van der Waals surface area contributed by atoms with Crippen LogP contribution in [0, 0.1) is 5.92 Å². The zero-order valence-electron chi connectivity index (χ0n) is 15.9. The van der Waals surface area contributed by atoms with Gasteiger partial charge in [-0.15, -0.1) is 28.3 Å². The molecule has 1 saturated carbocycles. The lowest BCUT2D eigenvalue weighted by Gasteiger charge is -2.28. The molecule has 3 rings (SSSR count). The van der Waals surface area contributed by atoms with Crippen molar-refractivity contribution in [1.82, 2.24) is 15.6 Å². The molecule has 1 aromatic heterocycles. The first kappa shape index (κ1) is 22.3. The maximum absolute atomic E-state index is 12.5. The molecule has 0 aromatic carbocycles. The van der Waals surface area contributed by atoms with Crippen LogP contribution in [0.2, 0.25) is 0 Å². The molecule has 1 aliphatic carbocycles. The van der Waals surface area contributed by atoms with Crippen LogP contribution in [0.5, 0.6) is 0 Å². The van der Waals surface area contributed by atoms with E-state index in [4.69, 9.17) is 4.74 Å². The lowest BCUT2D eigenvalue weighted by Crippen LogP contribution is -2.37. The van der Waals surface area contributed by atoms with E-state index in [1.165, 1.54) is 7.11 Å². The zero-order valence-corrected chi connectivity index (χ0v) is 18.4. The monoisotopic (exact) mass is 459 g/mol. The maximum Gasteiger partial charge on any atom is 0.305 e. The number of amides is 1. The SMILES string of the molecule is Br.COC(=O)CC[C@H]1CC[C@H](NC(=O)c2csc(C3CCNCC3)n2)CC1. The second-order valence-corrected chi connectivity index (χ2v) is 8.29. The Balaban J connectivity index is 0.00000261. The van der Waals surface area contributed by atoms with E-state index in [2.05, 4.69) is 15.6 Å². The molecule has 2 aliphatic rings. The lowest BCUT2D eigenvalue weighted by molar-refractivity contribution is -0.141. The zero-order chi connectivity index (χ0) is 18.4. The summed E-state index contributed by atoms with van der Waals surface area (Å²) in [6, 6.07) is 0.223. The van der Waals surface area contributed by atoms with Gasteiger partial charge in [0.1, 0.15) is 5.69 Å². The minimum Gasteiger partial charge on any atom is -0.469 e. The van der Waals surface area contributed by atoms with Crippen molar-refractivity contribution in [3.63, 3.8) is 0 Å². The topological polar surface area (TPSA) is 80.3 Å². The molecular formula is C19H30BrN3O3S. The van der Waals surface area contributed by atoms with Crippen molar-refractivity contribution in [2.75, 3.05) is 20.2 Å². The molecule has 0 spiro atoms. The molecule has 2 heterocycles. The Morgan fingerprint density at radius 1 is 1.22 bits per heavy atom. The number of hydrogen-bond acceptors (Lipinski definition) is 6. The molecule has 2 fully saturated rings. The van der Waals surface area contributed by atoms with Crippen LogP contribution in [-0.4, -0.2) is 43.1 Å². The van der Waals surface area contributed by atoms with Gasteiger partial charge in [0.15, 0.2) is 0 Å². The Morgan fingerprint density at radius 3 is 2.59 bits per heavy atom. The van der Waals surface area contributed by atoms with Crippen LogP contribution >= 0.6 is 28.3 Å². The summed E-state index contributed by atoms with van der Waals surface area (Å²) in [5.74, 6) is 0.883. The normalized spacial score (nSPS) is 23.3. The molecule has 0 bridgehead atoms. The summed E-state index contributed by atoms with van der Waals surface area (Å²) in [7, 11) is 1.43. The van der Waals surface area contributed by atoms with Gasteiger partial charge in [0.05, 0.1) is 12.1 Å². The molecule has 2 N–H and O–H groups in total. The van der Waals surface area contributed by atoms with E-state index in [0.717, 1.165) is 63.0 Å². The van der Waals surface area contributed by atoms with E-state index >= 15 is 0 Å². The first-order valence-corrected chi connectivity index (χ1v) is 10.6. The number of thiazole rings is 1. The van der Waals surface area contributed by atoms with E-state index in [0.29, 0.717) is 24.0 Å². The van der Waals surface area contributed by atoms with Crippen LogP contribution in [0.15, 0.2) is 5.38 Å². The number of nitrogens with zero attached hydrogens (tertiary/aromatic N) is 1. The van der Waals surface area contributed by atoms with Crippen molar-refractivity contribution in [1.29, 1.82) is 0 Å². The number of aromatic nitrogens is 1. The molecule has 8 heteroatoms. The Morgan fingerprint density at radius 2 is 1.93 bits per heavy atom. The van der Waals surface area contributed by atoms with Crippen molar-refractivity contribution in [3.8, 4) is 0 Å². The molecule has 152 valence electrons. The second kappa shape index (κ2) is 11.1. The third-order valence-corrected chi connectivity index (χ3v) is 6.62. The van der Waals surface area contributed by atoms with Crippen LogP contribution in [-0.2, 0) is 9.53 Å². The van der Waals surface area contributed by atoms with Crippen molar-refractivity contribution in [2.45, 2.75) is 63.3 Å². The average molecular weight is 460 g/mol. The molecule has 27 heavy (non-hydrogen) atoms. The minimum atomic E-state index is -0.131. The standard InChI is InChI=1S/C19H29N3O3S.BrH/c1-25-17(23)7-4-13-2-5-15(6-3-13)21-18(24)16-12-26-19(22-16)14-8-10-20-11-9-14;/h12-15,20H,2-11H2,1H3,(H,21,24);1H/t13-,15-;. The molecule has 1 aromatic rings. The number of methoxy groups -OCH3 is 1. The van der Waals surface area contributed by atoms with Crippen LogP contribution in [0.4, 0.5) is 0 Å². The predicted molar refractivity (Wildman–Crippen MR) is 112 cm³/mol. The highest BCUT2D eigenvalue weighted by Crippen LogP contribution is 2.29. The number of halogens is 1. The molecule has 1 saturated heterocycles. The van der Waals surface area contributed by atoms with E-state index in [-0.39, 0.29) is 34.9 Å². The Labute approximate surface area is 175 Å². The Hall–Kier alpha value is -0.990. The van der Waals surface area contributed by atoms with Crippen LogP contribution in [0.3, 0.4) is 0 Å². The van der Waals surface area contributed by atoms with Crippen LogP contribution in [0.25, 0.3) is 0 Å². The molecule has 1 aliphatic heterocycles. The molecular weight excluding hydrogens is 430 g/mol. The fourth-order valence-corrected chi connectivity index (χ4v) is 4.90. The number of nitrogens with one attached hydrogen (secondary N) is 2. The van der Waals surface area contributed by atoms with Crippen molar-refractivity contribution in [2.24, 2.45) is 5.92 Å². The van der Waals surface area contributed by atoms with Gasteiger partial charge in [0.25, 0.3) is 5.91 Å².